The maximum Gasteiger partial charge on any atom is 0.0434 e. The van der Waals surface area contributed by atoms with E-state index < -0.39 is 0 Å². The first-order chi connectivity index (χ1) is 22.3. The summed E-state index contributed by atoms with van der Waals surface area (Å²) in [6, 6.07) is 58.5. The lowest BCUT2D eigenvalue weighted by molar-refractivity contribution is 1.62. The van der Waals surface area contributed by atoms with Gasteiger partial charge in [0.05, 0.1) is 0 Å². The minimum atomic E-state index is 1.24. The van der Waals surface area contributed by atoms with Crippen molar-refractivity contribution < 1.29 is 0 Å². The molecule has 0 saturated heterocycles. The molecule has 0 fully saturated rings. The third kappa shape index (κ3) is 3.72. The Hall–Kier alpha value is -5.50. The lowest BCUT2D eigenvalue weighted by Crippen LogP contribution is -1.89. The van der Waals surface area contributed by atoms with Gasteiger partial charge in [0.25, 0.3) is 0 Å². The highest BCUT2D eigenvalue weighted by Gasteiger charge is 2.17. The van der Waals surface area contributed by atoms with Gasteiger partial charge < -0.3 is 0 Å². The van der Waals surface area contributed by atoms with Gasteiger partial charge in [-0.3, -0.25) is 0 Å². The van der Waals surface area contributed by atoms with Crippen LogP contribution in [0.4, 0.5) is 0 Å². The second kappa shape index (κ2) is 9.50. The van der Waals surface area contributed by atoms with Crippen LogP contribution in [-0.4, -0.2) is 0 Å². The SMILES string of the molecule is c1ccc2cc(-c3ccc(-c4ccc5ccc6c(-c7cccc8c7sc7ccccc78)ccc7ccc4c5c76)cc3)ccc2c1. The summed E-state index contributed by atoms with van der Waals surface area (Å²) < 4.78 is 2.70. The van der Waals surface area contributed by atoms with E-state index in [1.165, 1.54) is 96.6 Å². The summed E-state index contributed by atoms with van der Waals surface area (Å²) in [5, 5.41) is 13.1. The monoisotopic (exact) mass is 586 g/mol. The molecule has 1 heteroatoms. The van der Waals surface area contributed by atoms with Crippen LogP contribution in [0.5, 0.6) is 0 Å². The van der Waals surface area contributed by atoms with Crippen molar-refractivity contribution in [2.45, 2.75) is 0 Å². The van der Waals surface area contributed by atoms with Gasteiger partial charge in [0.1, 0.15) is 0 Å². The smallest absolute Gasteiger partial charge is 0.0434 e. The molecule has 45 heavy (non-hydrogen) atoms. The van der Waals surface area contributed by atoms with Crippen molar-refractivity contribution in [3.8, 4) is 33.4 Å². The standard InChI is InChI=1S/C44H26S/c1-2-7-32-26-33(17-14-27(32)6-1)28-12-15-29(16-13-28)34-22-18-30-21-25-38-35(23-19-31-20-24-37(34)42(30)43(31)38)39-9-5-10-40-36-8-3-4-11-41(36)45-44(39)40/h1-26H. The molecule has 1 aromatic heterocycles. The molecule has 208 valence electrons. The molecule has 0 aliphatic rings. The van der Waals surface area contributed by atoms with Crippen molar-refractivity contribution in [3.63, 3.8) is 0 Å². The van der Waals surface area contributed by atoms with E-state index in [1.54, 1.807) is 0 Å². The summed E-state index contributed by atoms with van der Waals surface area (Å²) in [5.41, 5.74) is 7.63. The second-order valence-electron chi connectivity index (χ2n) is 12.1. The van der Waals surface area contributed by atoms with E-state index in [1.807, 2.05) is 11.3 Å². The van der Waals surface area contributed by atoms with Crippen molar-refractivity contribution in [2.75, 3.05) is 0 Å². The molecule has 10 aromatic rings. The first-order valence-electron chi connectivity index (χ1n) is 15.5. The molecule has 0 unspecified atom stereocenters. The van der Waals surface area contributed by atoms with Gasteiger partial charge in [-0.25, -0.2) is 0 Å². The molecule has 0 spiro atoms. The highest BCUT2D eigenvalue weighted by Crippen LogP contribution is 2.45. The molecule has 9 aromatic carbocycles. The van der Waals surface area contributed by atoms with Crippen LogP contribution in [-0.2, 0) is 0 Å². The lowest BCUT2D eigenvalue weighted by atomic mass is 9.87. The first kappa shape index (κ1) is 24.9. The van der Waals surface area contributed by atoms with Crippen molar-refractivity contribution in [1.29, 1.82) is 0 Å². The van der Waals surface area contributed by atoms with Crippen molar-refractivity contribution in [3.05, 3.63) is 158 Å². The minimum absolute atomic E-state index is 1.24. The Labute approximate surface area is 264 Å². The molecule has 0 radical (unpaired) electrons. The number of rotatable bonds is 3. The first-order valence-corrected chi connectivity index (χ1v) is 16.3. The zero-order valence-electron chi connectivity index (χ0n) is 24.4. The summed E-state index contributed by atoms with van der Waals surface area (Å²) >= 11 is 1.90. The topological polar surface area (TPSA) is 0 Å². The summed E-state index contributed by atoms with van der Waals surface area (Å²) in [7, 11) is 0. The van der Waals surface area contributed by atoms with Crippen LogP contribution in [0.15, 0.2) is 158 Å². The summed E-state index contributed by atoms with van der Waals surface area (Å²) in [5.74, 6) is 0. The number of hydrogen-bond donors (Lipinski definition) is 0. The van der Waals surface area contributed by atoms with E-state index in [2.05, 4.69) is 158 Å². The van der Waals surface area contributed by atoms with Crippen LogP contribution < -0.4 is 0 Å². The van der Waals surface area contributed by atoms with E-state index in [0.29, 0.717) is 0 Å². The molecule has 0 atom stereocenters. The van der Waals surface area contributed by atoms with Gasteiger partial charge >= 0.3 is 0 Å². The number of benzene rings is 9. The van der Waals surface area contributed by atoms with E-state index in [-0.39, 0.29) is 0 Å². The van der Waals surface area contributed by atoms with Crippen LogP contribution in [0.25, 0.3) is 96.6 Å². The maximum absolute atomic E-state index is 2.34. The molecule has 0 bridgehead atoms. The van der Waals surface area contributed by atoms with Crippen molar-refractivity contribution in [1.82, 2.24) is 0 Å². The third-order valence-electron chi connectivity index (χ3n) is 9.64. The van der Waals surface area contributed by atoms with Crippen LogP contribution in [0.2, 0.25) is 0 Å². The van der Waals surface area contributed by atoms with Crippen LogP contribution in [0, 0.1) is 0 Å². The fourth-order valence-corrected chi connectivity index (χ4v) is 8.69. The normalized spacial score (nSPS) is 12.0. The predicted molar refractivity (Wildman–Crippen MR) is 197 cm³/mol. The van der Waals surface area contributed by atoms with Gasteiger partial charge in [0.2, 0.25) is 0 Å². The molecule has 0 amide bonds. The zero-order valence-corrected chi connectivity index (χ0v) is 25.2. The Balaban J connectivity index is 1.15. The number of thiophene rings is 1. The van der Waals surface area contributed by atoms with Crippen LogP contribution in [0.1, 0.15) is 0 Å². The van der Waals surface area contributed by atoms with Crippen molar-refractivity contribution in [2.24, 2.45) is 0 Å². The third-order valence-corrected chi connectivity index (χ3v) is 10.9. The second-order valence-corrected chi connectivity index (χ2v) is 13.1. The minimum Gasteiger partial charge on any atom is -0.135 e. The Morgan fingerprint density at radius 2 is 0.911 bits per heavy atom. The van der Waals surface area contributed by atoms with Crippen LogP contribution in [0.3, 0.4) is 0 Å². The number of fused-ring (bicyclic) bond motifs is 4. The lowest BCUT2D eigenvalue weighted by Gasteiger charge is -2.17. The molecule has 1 heterocycles. The van der Waals surface area contributed by atoms with E-state index in [0.717, 1.165) is 0 Å². The van der Waals surface area contributed by atoms with E-state index in [4.69, 9.17) is 0 Å². The van der Waals surface area contributed by atoms with Gasteiger partial charge in [-0.15, -0.1) is 11.3 Å². The van der Waals surface area contributed by atoms with E-state index >= 15 is 0 Å². The van der Waals surface area contributed by atoms with Gasteiger partial charge in [0.15, 0.2) is 0 Å². The largest absolute Gasteiger partial charge is 0.135 e. The zero-order chi connectivity index (χ0) is 29.5. The fraction of sp³-hybridized carbons (Fsp3) is 0. The molecular weight excluding hydrogens is 561 g/mol. The molecule has 10 rings (SSSR count). The summed E-state index contributed by atoms with van der Waals surface area (Å²) in [6.07, 6.45) is 0. The fourth-order valence-electron chi connectivity index (χ4n) is 7.46. The van der Waals surface area contributed by atoms with Gasteiger partial charge in [0, 0.05) is 25.7 Å². The molecule has 0 N–H and O–H groups in total. The van der Waals surface area contributed by atoms with E-state index in [9.17, 15) is 0 Å². The molecule has 0 aliphatic heterocycles. The van der Waals surface area contributed by atoms with Gasteiger partial charge in [-0.1, -0.05) is 146 Å². The highest BCUT2D eigenvalue weighted by molar-refractivity contribution is 7.26. The van der Waals surface area contributed by atoms with Crippen molar-refractivity contribution >= 4 is 74.6 Å². The van der Waals surface area contributed by atoms with Gasteiger partial charge in [-0.05, 0) is 83.0 Å². The Morgan fingerprint density at radius 3 is 1.73 bits per heavy atom. The Kier molecular flexibility index (Phi) is 5.25. The average Bonchev–Trinajstić information content (AvgIpc) is 3.49. The number of hydrogen-bond acceptors (Lipinski definition) is 1. The summed E-state index contributed by atoms with van der Waals surface area (Å²) in [6.45, 7) is 0. The average molecular weight is 587 g/mol. The molecule has 0 saturated carbocycles. The van der Waals surface area contributed by atoms with Crippen LogP contribution >= 0.6 is 11.3 Å². The predicted octanol–water partition coefficient (Wildman–Crippen LogP) is 13.1. The molecule has 0 aliphatic carbocycles. The Bertz CT molecular complexity index is 2740. The highest BCUT2D eigenvalue weighted by atomic mass is 32.1. The quantitative estimate of drug-likeness (QED) is 0.181. The summed E-state index contributed by atoms with van der Waals surface area (Å²) in [4.78, 5) is 0. The molecular formula is C44H26S. The van der Waals surface area contributed by atoms with Gasteiger partial charge in [-0.2, -0.15) is 0 Å². The Morgan fingerprint density at radius 1 is 0.311 bits per heavy atom. The molecule has 0 nitrogen and oxygen atoms in total. The maximum atomic E-state index is 2.34.